The van der Waals surface area contributed by atoms with Crippen LogP contribution in [-0.4, -0.2) is 26.9 Å². The second-order valence-corrected chi connectivity index (χ2v) is 4.06. The van der Waals surface area contributed by atoms with Gasteiger partial charge in [-0.2, -0.15) is 10.4 Å². The first-order valence-corrected chi connectivity index (χ1v) is 5.90. The Bertz CT molecular complexity index is 717. The number of carboxylic acid groups (broad SMARTS) is 1. The van der Waals surface area contributed by atoms with Crippen LogP contribution in [0.2, 0.25) is 0 Å². The molecule has 1 aromatic heterocycles. The van der Waals surface area contributed by atoms with E-state index in [0.29, 0.717) is 16.9 Å². The van der Waals surface area contributed by atoms with E-state index in [9.17, 15) is 9.59 Å². The van der Waals surface area contributed by atoms with Crippen molar-refractivity contribution >= 4 is 23.4 Å². The predicted molar refractivity (Wildman–Crippen MR) is 73.7 cm³/mol. The first-order chi connectivity index (χ1) is 10.1. The second kappa shape index (κ2) is 6.21. The van der Waals surface area contributed by atoms with E-state index in [1.165, 1.54) is 17.1 Å². The second-order valence-electron chi connectivity index (χ2n) is 4.06. The first-order valence-electron chi connectivity index (χ1n) is 5.90. The molecular weight excluding hydrogens is 274 g/mol. The van der Waals surface area contributed by atoms with Crippen molar-refractivity contribution in [3.8, 4) is 6.07 Å². The zero-order valence-corrected chi connectivity index (χ0v) is 10.8. The largest absolute Gasteiger partial charge is 0.480 e. The van der Waals surface area contributed by atoms with Crippen LogP contribution in [-0.2, 0) is 11.3 Å². The first kappa shape index (κ1) is 14.1. The topological polar surface area (TPSA) is 120 Å². The Balaban J connectivity index is 2.00. The smallest absolute Gasteiger partial charge is 0.325 e. The summed E-state index contributed by atoms with van der Waals surface area (Å²) >= 11 is 0. The van der Waals surface area contributed by atoms with Crippen LogP contribution in [0, 0.1) is 11.3 Å². The van der Waals surface area contributed by atoms with E-state index >= 15 is 0 Å². The fourth-order valence-corrected chi connectivity index (χ4v) is 1.63. The van der Waals surface area contributed by atoms with E-state index in [0.717, 1.165) is 0 Å². The minimum atomic E-state index is -1.03. The van der Waals surface area contributed by atoms with Crippen molar-refractivity contribution in [2.45, 2.75) is 6.54 Å². The van der Waals surface area contributed by atoms with Gasteiger partial charge in [-0.1, -0.05) is 12.1 Å². The van der Waals surface area contributed by atoms with Gasteiger partial charge in [-0.3, -0.25) is 9.48 Å². The number of para-hydroxylation sites is 1. The SMILES string of the molecule is N#Cc1ccccc1NC(=O)Nc1cnn(CC(=O)O)c1. The number of nitriles is 1. The lowest BCUT2D eigenvalue weighted by molar-refractivity contribution is -0.137. The zero-order chi connectivity index (χ0) is 15.2. The molecule has 0 aliphatic carbocycles. The number of nitrogens with one attached hydrogen (secondary N) is 2. The number of hydrogen-bond donors (Lipinski definition) is 3. The number of nitrogens with zero attached hydrogens (tertiary/aromatic N) is 3. The molecule has 0 unspecified atom stereocenters. The Morgan fingerprint density at radius 2 is 2.10 bits per heavy atom. The van der Waals surface area contributed by atoms with Crippen molar-refractivity contribution in [2.75, 3.05) is 10.6 Å². The summed E-state index contributed by atoms with van der Waals surface area (Å²) in [5.41, 5.74) is 1.08. The molecule has 0 aliphatic rings. The molecule has 0 saturated heterocycles. The summed E-state index contributed by atoms with van der Waals surface area (Å²) < 4.78 is 1.18. The molecule has 8 nitrogen and oxygen atoms in total. The number of aromatic nitrogens is 2. The highest BCUT2D eigenvalue weighted by atomic mass is 16.4. The summed E-state index contributed by atoms with van der Waals surface area (Å²) in [7, 11) is 0. The number of carboxylic acids is 1. The number of rotatable bonds is 4. The molecule has 2 amide bonds. The number of anilines is 2. The van der Waals surface area contributed by atoms with Crippen LogP contribution in [0.15, 0.2) is 36.7 Å². The third-order valence-corrected chi connectivity index (χ3v) is 2.48. The van der Waals surface area contributed by atoms with Gasteiger partial charge in [-0.05, 0) is 12.1 Å². The lowest BCUT2D eigenvalue weighted by Crippen LogP contribution is -2.19. The molecule has 21 heavy (non-hydrogen) atoms. The standard InChI is InChI=1S/C13H11N5O3/c14-5-9-3-1-2-4-11(9)17-13(21)16-10-6-15-18(7-10)8-12(19)20/h1-4,6-7H,8H2,(H,19,20)(H2,16,17,21). The lowest BCUT2D eigenvalue weighted by atomic mass is 10.2. The molecule has 0 fully saturated rings. The van der Waals surface area contributed by atoms with E-state index in [4.69, 9.17) is 10.4 Å². The van der Waals surface area contributed by atoms with E-state index in [1.54, 1.807) is 24.3 Å². The van der Waals surface area contributed by atoms with Crippen molar-refractivity contribution in [1.29, 1.82) is 5.26 Å². The molecule has 0 spiro atoms. The van der Waals surface area contributed by atoms with Crippen LogP contribution < -0.4 is 10.6 Å². The molecule has 0 saturated carbocycles. The van der Waals surface area contributed by atoms with Crippen molar-refractivity contribution in [1.82, 2.24) is 9.78 Å². The minimum Gasteiger partial charge on any atom is -0.480 e. The molecule has 3 N–H and O–H groups in total. The van der Waals surface area contributed by atoms with Gasteiger partial charge < -0.3 is 15.7 Å². The number of aliphatic carboxylic acids is 1. The normalized spacial score (nSPS) is 9.67. The van der Waals surface area contributed by atoms with Gasteiger partial charge in [0.1, 0.15) is 12.6 Å². The maximum Gasteiger partial charge on any atom is 0.325 e. The maximum atomic E-state index is 11.8. The number of benzene rings is 1. The summed E-state index contributed by atoms with van der Waals surface area (Å²) in [4.78, 5) is 22.3. The molecule has 8 heteroatoms. The van der Waals surface area contributed by atoms with E-state index < -0.39 is 12.0 Å². The van der Waals surface area contributed by atoms with Crippen LogP contribution in [0.5, 0.6) is 0 Å². The monoisotopic (exact) mass is 285 g/mol. The van der Waals surface area contributed by atoms with Crippen molar-refractivity contribution in [3.63, 3.8) is 0 Å². The average Bonchev–Trinajstić information content (AvgIpc) is 2.85. The van der Waals surface area contributed by atoms with E-state index in [-0.39, 0.29) is 6.54 Å². The Morgan fingerprint density at radius 3 is 2.81 bits per heavy atom. The molecule has 2 rings (SSSR count). The van der Waals surface area contributed by atoms with Crippen LogP contribution in [0.25, 0.3) is 0 Å². The quantitative estimate of drug-likeness (QED) is 0.785. The van der Waals surface area contributed by atoms with Gasteiger partial charge >= 0.3 is 12.0 Å². The van der Waals surface area contributed by atoms with Gasteiger partial charge in [0, 0.05) is 6.20 Å². The zero-order valence-electron chi connectivity index (χ0n) is 10.8. The van der Waals surface area contributed by atoms with Gasteiger partial charge in [-0.15, -0.1) is 0 Å². The Hall–Kier alpha value is -3.34. The van der Waals surface area contributed by atoms with Crippen LogP contribution in [0.3, 0.4) is 0 Å². The Morgan fingerprint density at radius 1 is 1.33 bits per heavy atom. The molecule has 0 radical (unpaired) electrons. The molecular formula is C13H11N5O3. The maximum absolute atomic E-state index is 11.8. The summed E-state index contributed by atoms with van der Waals surface area (Å²) in [5.74, 6) is -1.03. The highest BCUT2D eigenvalue weighted by Gasteiger charge is 2.08. The summed E-state index contributed by atoms with van der Waals surface area (Å²) in [6, 6.07) is 7.99. The van der Waals surface area contributed by atoms with E-state index in [2.05, 4.69) is 15.7 Å². The van der Waals surface area contributed by atoms with Crippen molar-refractivity contribution in [2.24, 2.45) is 0 Å². The molecule has 0 bridgehead atoms. The Labute approximate surface area is 119 Å². The van der Waals surface area contributed by atoms with E-state index in [1.807, 2.05) is 6.07 Å². The molecule has 0 atom stereocenters. The van der Waals surface area contributed by atoms with Gasteiger partial charge in [0.15, 0.2) is 0 Å². The number of carbonyl (C=O) groups is 2. The van der Waals surface area contributed by atoms with Crippen molar-refractivity contribution < 1.29 is 14.7 Å². The van der Waals surface area contributed by atoms with Gasteiger partial charge in [0.2, 0.25) is 0 Å². The minimum absolute atomic E-state index is 0.291. The number of amides is 2. The Kier molecular flexibility index (Phi) is 4.16. The molecule has 2 aromatic rings. The third kappa shape index (κ3) is 3.81. The molecule has 1 heterocycles. The summed E-state index contributed by atoms with van der Waals surface area (Å²) in [5, 5.41) is 26.4. The van der Waals surface area contributed by atoms with Crippen LogP contribution in [0.4, 0.5) is 16.2 Å². The highest BCUT2D eigenvalue weighted by molar-refractivity contribution is 6.00. The van der Waals surface area contributed by atoms with Gasteiger partial charge in [0.25, 0.3) is 0 Å². The average molecular weight is 285 g/mol. The number of urea groups is 1. The van der Waals surface area contributed by atoms with Crippen LogP contribution >= 0.6 is 0 Å². The third-order valence-electron chi connectivity index (χ3n) is 2.48. The fraction of sp³-hybridized carbons (Fsp3) is 0.0769. The van der Waals surface area contributed by atoms with Gasteiger partial charge in [-0.25, -0.2) is 4.79 Å². The van der Waals surface area contributed by atoms with Crippen LogP contribution in [0.1, 0.15) is 5.56 Å². The number of carbonyl (C=O) groups excluding carboxylic acids is 1. The molecule has 1 aromatic carbocycles. The number of hydrogen-bond acceptors (Lipinski definition) is 4. The lowest BCUT2D eigenvalue weighted by Gasteiger charge is -2.06. The van der Waals surface area contributed by atoms with Gasteiger partial charge in [0.05, 0.1) is 23.1 Å². The predicted octanol–water partition coefficient (Wildman–Crippen LogP) is 1.48. The molecule has 106 valence electrons. The van der Waals surface area contributed by atoms with Crippen molar-refractivity contribution in [3.05, 3.63) is 42.2 Å². The summed E-state index contributed by atoms with van der Waals surface area (Å²) in [6.45, 7) is -0.291. The molecule has 0 aliphatic heterocycles. The summed E-state index contributed by atoms with van der Waals surface area (Å²) in [6.07, 6.45) is 2.72. The fourth-order valence-electron chi connectivity index (χ4n) is 1.63. The highest BCUT2D eigenvalue weighted by Crippen LogP contribution is 2.14.